The van der Waals surface area contributed by atoms with Gasteiger partial charge in [-0.1, -0.05) is 285 Å². The van der Waals surface area contributed by atoms with E-state index in [0.717, 1.165) is 68.2 Å². The third-order valence-electron chi connectivity index (χ3n) is 17.8. The van der Waals surface area contributed by atoms with E-state index in [1.807, 2.05) is 0 Å². The number of hydrogen-bond acceptors (Lipinski definition) is 8. The van der Waals surface area contributed by atoms with E-state index in [1.165, 1.54) is 181 Å². The molecule has 2 aliphatic carbocycles. The van der Waals surface area contributed by atoms with Gasteiger partial charge in [0.15, 0.2) is 6.10 Å². The average molecular weight is 1220 g/mol. The molecule has 0 saturated carbocycles. The monoisotopic (exact) mass is 1220 g/mol. The highest BCUT2D eigenvalue weighted by molar-refractivity contribution is 7.47. The van der Waals surface area contributed by atoms with E-state index in [-0.39, 0.29) is 42.9 Å². The van der Waals surface area contributed by atoms with Crippen LogP contribution in [0.4, 0.5) is 0 Å². The number of carbonyl (C=O) groups is 2. The van der Waals surface area contributed by atoms with Gasteiger partial charge in [0.05, 0.1) is 13.2 Å². The summed E-state index contributed by atoms with van der Waals surface area (Å²) in [4.78, 5) is 39.3. The van der Waals surface area contributed by atoms with Crippen molar-refractivity contribution in [3.63, 3.8) is 0 Å². The summed E-state index contributed by atoms with van der Waals surface area (Å²) in [6.45, 7) is 24.8. The molecule has 0 bridgehead atoms. The lowest BCUT2D eigenvalue weighted by atomic mass is 9.72. The Kier molecular flexibility index (Phi) is 40.2. The fraction of sp³-hybridized carbons (Fsp3) is 0.688. The van der Waals surface area contributed by atoms with E-state index < -0.39 is 26.5 Å². The molecule has 0 saturated heterocycles. The molecule has 0 fully saturated rings. The Morgan fingerprint density at radius 2 is 1.03 bits per heavy atom. The minimum Gasteiger partial charge on any atom is -0.462 e. The SMILES string of the molecule is CCCCCCCCCCCCCCCC(=O)OCC(COP(=O)(O)OCCN1CC=C(/C=C/C=C(C)/C=C/C2=C(C)CCCC2(C)C)C=C1/C=C(C)/C=C/C=C(C)/C=C/C1=C(C)CCCC1(C)C)OC(=O)CCCCCCCCCCCCCCC. The van der Waals surface area contributed by atoms with Gasteiger partial charge in [-0.2, -0.15) is 0 Å². The smallest absolute Gasteiger partial charge is 0.462 e. The van der Waals surface area contributed by atoms with Gasteiger partial charge in [-0.15, -0.1) is 0 Å². The Morgan fingerprint density at radius 3 is 1.51 bits per heavy atom. The van der Waals surface area contributed by atoms with Crippen molar-refractivity contribution in [2.24, 2.45) is 10.8 Å². The maximum Gasteiger partial charge on any atom is 0.472 e. The summed E-state index contributed by atoms with van der Waals surface area (Å²) >= 11 is 0. The zero-order valence-electron chi connectivity index (χ0n) is 57.4. The van der Waals surface area contributed by atoms with Crippen LogP contribution in [0.2, 0.25) is 0 Å². The van der Waals surface area contributed by atoms with E-state index in [1.54, 1.807) is 0 Å². The normalized spacial score (nSPS) is 18.2. The summed E-state index contributed by atoms with van der Waals surface area (Å²) < 4.78 is 36.0. The van der Waals surface area contributed by atoms with Gasteiger partial charge in [0, 0.05) is 31.6 Å². The predicted octanol–water partition coefficient (Wildman–Crippen LogP) is 22.8. The van der Waals surface area contributed by atoms with Crippen molar-refractivity contribution in [3.8, 4) is 0 Å². The van der Waals surface area contributed by atoms with E-state index in [2.05, 4.69) is 160 Å². The lowest BCUT2D eigenvalue weighted by molar-refractivity contribution is -0.161. The zero-order chi connectivity index (χ0) is 63.6. The van der Waals surface area contributed by atoms with Crippen LogP contribution in [-0.4, -0.2) is 60.7 Å². The second-order valence-corrected chi connectivity index (χ2v) is 28.5. The van der Waals surface area contributed by atoms with Crippen molar-refractivity contribution < 1.29 is 37.6 Å². The van der Waals surface area contributed by atoms with Crippen LogP contribution in [0.1, 0.15) is 294 Å². The molecule has 0 aromatic heterocycles. The van der Waals surface area contributed by atoms with E-state index in [0.29, 0.717) is 19.5 Å². The van der Waals surface area contributed by atoms with E-state index in [9.17, 15) is 19.0 Å². The Labute approximate surface area is 533 Å². The highest BCUT2D eigenvalue weighted by Crippen LogP contribution is 2.44. The molecule has 0 aromatic carbocycles. The first-order valence-corrected chi connectivity index (χ1v) is 36.5. The molecule has 492 valence electrons. The Morgan fingerprint density at radius 1 is 0.586 bits per heavy atom. The van der Waals surface area contributed by atoms with Crippen LogP contribution in [0.15, 0.2) is 129 Å². The van der Waals surface area contributed by atoms with Gasteiger partial charge in [-0.05, 0) is 131 Å². The van der Waals surface area contributed by atoms with Crippen molar-refractivity contribution in [1.29, 1.82) is 0 Å². The first-order chi connectivity index (χ1) is 41.7. The van der Waals surface area contributed by atoms with Gasteiger partial charge in [-0.3, -0.25) is 18.6 Å². The van der Waals surface area contributed by atoms with Gasteiger partial charge in [0.1, 0.15) is 6.61 Å². The summed E-state index contributed by atoms with van der Waals surface area (Å²) in [6.07, 6.45) is 66.2. The topological polar surface area (TPSA) is 112 Å². The van der Waals surface area contributed by atoms with Crippen LogP contribution >= 0.6 is 7.82 Å². The standard InChI is InChI=1S/C77H126NO8P/c1-12-14-16-18-20-22-24-26-28-30-32-34-36-48-74(79)83-62-71(86-75(80)49-37-35-33-31-29-27-25-23-21-19-17-15-13-2)63-85-87(81,82)84-59-58-78-57-54-69(47-39-43-65(4)51-53-73-68(7)46-41-56-77(73,10)11)61-70(78)60-66(5)44-38-42-64(3)50-52-72-67(6)45-40-55-76(72,8)9/h38-39,42-44,47,50-54,60-61,71H,12-37,40-41,45-46,48-49,55-59,62-63H2,1-11H3,(H,81,82)/b44-38+,47-39+,52-50+,53-51+,64-42+,65-43+,66-60+. The molecule has 2 unspecified atom stereocenters. The molecule has 3 aliphatic rings. The minimum atomic E-state index is -4.62. The number of phosphoric acid groups is 1. The molecule has 2 atom stereocenters. The van der Waals surface area contributed by atoms with Crippen molar-refractivity contribution in [2.45, 2.75) is 301 Å². The summed E-state index contributed by atoms with van der Waals surface area (Å²) in [6, 6.07) is 0. The molecular weight excluding hydrogens is 1100 g/mol. The van der Waals surface area contributed by atoms with Crippen LogP contribution in [0.3, 0.4) is 0 Å². The van der Waals surface area contributed by atoms with Crippen LogP contribution < -0.4 is 0 Å². The molecule has 10 heteroatoms. The lowest BCUT2D eigenvalue weighted by Crippen LogP contribution is -2.30. The number of esters is 2. The molecule has 9 nitrogen and oxygen atoms in total. The second kappa shape index (κ2) is 45.3. The molecule has 0 aromatic rings. The minimum absolute atomic E-state index is 0.105. The number of carbonyl (C=O) groups excluding carboxylic acids is 2. The quantitative estimate of drug-likeness (QED) is 0.0276. The number of nitrogens with zero attached hydrogens (tertiary/aromatic N) is 1. The molecule has 87 heavy (non-hydrogen) atoms. The van der Waals surface area contributed by atoms with Crippen molar-refractivity contribution in [2.75, 3.05) is 32.9 Å². The molecule has 1 N–H and O–H groups in total. The number of phosphoric ester groups is 1. The van der Waals surface area contributed by atoms with Crippen molar-refractivity contribution in [1.82, 2.24) is 4.90 Å². The Bertz CT molecular complexity index is 2400. The summed E-state index contributed by atoms with van der Waals surface area (Å²) in [5.74, 6) is -0.823. The predicted molar refractivity (Wildman–Crippen MR) is 369 cm³/mol. The number of hydrogen-bond donors (Lipinski definition) is 1. The van der Waals surface area contributed by atoms with Crippen molar-refractivity contribution >= 4 is 19.8 Å². The van der Waals surface area contributed by atoms with Crippen LogP contribution in [-0.2, 0) is 32.7 Å². The summed E-state index contributed by atoms with van der Waals surface area (Å²) in [5.41, 5.74) is 11.6. The Hall–Kier alpha value is -4.01. The fourth-order valence-corrected chi connectivity index (χ4v) is 13.0. The maximum absolute atomic E-state index is 13.5. The van der Waals surface area contributed by atoms with Crippen LogP contribution in [0, 0.1) is 10.8 Å². The van der Waals surface area contributed by atoms with Crippen LogP contribution in [0.5, 0.6) is 0 Å². The van der Waals surface area contributed by atoms with Gasteiger partial charge in [0.25, 0.3) is 0 Å². The second-order valence-electron chi connectivity index (χ2n) is 27.1. The summed E-state index contributed by atoms with van der Waals surface area (Å²) in [7, 11) is -4.62. The van der Waals surface area contributed by atoms with Gasteiger partial charge < -0.3 is 19.3 Å². The third-order valence-corrected chi connectivity index (χ3v) is 18.8. The largest absolute Gasteiger partial charge is 0.472 e. The number of allylic oxidation sites excluding steroid dienone is 20. The van der Waals surface area contributed by atoms with Gasteiger partial charge in [-0.25, -0.2) is 4.57 Å². The molecule has 1 heterocycles. The summed E-state index contributed by atoms with van der Waals surface area (Å²) in [5, 5.41) is 0. The first-order valence-electron chi connectivity index (χ1n) is 35.0. The Balaban J connectivity index is 1.65. The highest BCUT2D eigenvalue weighted by Gasteiger charge is 2.29. The lowest BCUT2D eigenvalue weighted by Gasteiger charge is -2.33. The maximum atomic E-state index is 13.5. The van der Waals surface area contributed by atoms with E-state index in [4.69, 9.17) is 18.5 Å². The molecule has 0 amide bonds. The highest BCUT2D eigenvalue weighted by atomic mass is 31.2. The average Bonchev–Trinajstić information content (AvgIpc) is 3.56. The van der Waals surface area contributed by atoms with Crippen LogP contribution in [0.25, 0.3) is 0 Å². The molecule has 3 rings (SSSR count). The first kappa shape index (κ1) is 77.2. The van der Waals surface area contributed by atoms with Gasteiger partial charge in [0.2, 0.25) is 0 Å². The third kappa shape index (κ3) is 35.8. The van der Waals surface area contributed by atoms with E-state index >= 15 is 0 Å². The van der Waals surface area contributed by atoms with Gasteiger partial charge >= 0.3 is 19.8 Å². The molecule has 0 spiro atoms. The zero-order valence-corrected chi connectivity index (χ0v) is 58.3. The van der Waals surface area contributed by atoms with Crippen molar-refractivity contribution in [3.05, 3.63) is 129 Å². The molecular formula is C77H126NO8P. The number of rotatable bonds is 47. The number of unbranched alkanes of at least 4 members (excludes halogenated alkanes) is 24. The fourth-order valence-electron chi connectivity index (χ4n) is 12.3. The molecule has 1 aliphatic heterocycles. The number of ether oxygens (including phenoxy) is 2. The molecule has 0 radical (unpaired) electrons.